The van der Waals surface area contributed by atoms with Crippen LogP contribution >= 0.6 is 0 Å². The number of urea groups is 1. The molecule has 0 radical (unpaired) electrons. The van der Waals surface area contributed by atoms with Crippen molar-refractivity contribution in [3.05, 3.63) is 0 Å². The Labute approximate surface area is 102 Å². The van der Waals surface area contributed by atoms with Gasteiger partial charge in [0.25, 0.3) is 0 Å². The summed E-state index contributed by atoms with van der Waals surface area (Å²) in [5.41, 5.74) is -0.119. The van der Waals surface area contributed by atoms with E-state index in [4.69, 9.17) is 5.11 Å². The van der Waals surface area contributed by atoms with Gasteiger partial charge in [-0.15, -0.1) is 0 Å². The second-order valence-corrected chi connectivity index (χ2v) is 5.22. The summed E-state index contributed by atoms with van der Waals surface area (Å²) in [6.45, 7) is 6.71. The maximum absolute atomic E-state index is 12.0. The summed E-state index contributed by atoms with van der Waals surface area (Å²) < 4.78 is 0. The van der Waals surface area contributed by atoms with Crippen molar-refractivity contribution < 1.29 is 14.7 Å². The Morgan fingerprint density at radius 3 is 2.53 bits per heavy atom. The van der Waals surface area contributed by atoms with E-state index in [1.165, 1.54) is 0 Å². The summed E-state index contributed by atoms with van der Waals surface area (Å²) in [5, 5.41) is 11.5. The summed E-state index contributed by atoms with van der Waals surface area (Å²) >= 11 is 0. The van der Waals surface area contributed by atoms with Crippen molar-refractivity contribution in [3.63, 3.8) is 0 Å². The zero-order valence-corrected chi connectivity index (χ0v) is 10.8. The Balaban J connectivity index is 2.55. The molecule has 1 heterocycles. The molecular weight excluding hydrogens is 220 g/mol. The van der Waals surface area contributed by atoms with E-state index in [-0.39, 0.29) is 24.0 Å². The molecule has 5 heteroatoms. The van der Waals surface area contributed by atoms with Gasteiger partial charge >= 0.3 is 12.0 Å². The first-order valence-corrected chi connectivity index (χ1v) is 6.16. The molecule has 1 aliphatic rings. The Morgan fingerprint density at radius 2 is 2.12 bits per heavy atom. The van der Waals surface area contributed by atoms with E-state index in [0.29, 0.717) is 6.42 Å². The molecule has 0 aromatic carbocycles. The van der Waals surface area contributed by atoms with E-state index < -0.39 is 5.97 Å². The van der Waals surface area contributed by atoms with Crippen LogP contribution in [0.1, 0.15) is 46.5 Å². The molecule has 98 valence electrons. The molecule has 0 aliphatic carbocycles. The maximum Gasteiger partial charge on any atom is 0.318 e. The lowest BCUT2D eigenvalue weighted by Gasteiger charge is -2.32. The fraction of sp³-hybridized carbons (Fsp3) is 0.833. The summed E-state index contributed by atoms with van der Waals surface area (Å²) in [6.07, 6.45) is 2.62. The second kappa shape index (κ2) is 5.38. The molecule has 2 N–H and O–H groups in total. The quantitative estimate of drug-likeness (QED) is 0.790. The summed E-state index contributed by atoms with van der Waals surface area (Å²) in [6, 6.07) is -0.419. The highest BCUT2D eigenvalue weighted by molar-refractivity contribution is 5.77. The second-order valence-electron chi connectivity index (χ2n) is 5.22. The molecule has 1 aliphatic heterocycles. The highest BCUT2D eigenvalue weighted by Gasteiger charge is 2.35. The molecule has 17 heavy (non-hydrogen) atoms. The lowest BCUT2D eigenvalue weighted by Crippen LogP contribution is -2.51. The molecule has 0 bridgehead atoms. The number of hydrogen-bond donors (Lipinski definition) is 2. The Hall–Kier alpha value is -1.26. The zero-order chi connectivity index (χ0) is 13.1. The molecular formula is C12H22N2O3. The number of likely N-dealkylation sites (tertiary alicyclic amines) is 1. The van der Waals surface area contributed by atoms with Crippen molar-refractivity contribution >= 4 is 12.0 Å². The van der Waals surface area contributed by atoms with Gasteiger partial charge in [-0.05, 0) is 33.1 Å². The lowest BCUT2D eigenvalue weighted by atomic mass is 10.0. The number of carbonyl (C=O) groups excluding carboxylic acids is 1. The van der Waals surface area contributed by atoms with Gasteiger partial charge in [-0.25, -0.2) is 4.79 Å². The maximum atomic E-state index is 12.0. The molecule has 0 aromatic rings. The number of carboxylic acid groups (broad SMARTS) is 1. The predicted octanol–water partition coefficient (Wildman–Crippen LogP) is 1.82. The number of carbonyl (C=O) groups is 2. The fourth-order valence-corrected chi connectivity index (χ4v) is 2.24. The highest BCUT2D eigenvalue weighted by atomic mass is 16.4. The number of aliphatic carboxylic acids is 1. The summed E-state index contributed by atoms with van der Waals surface area (Å²) in [7, 11) is 0. The summed E-state index contributed by atoms with van der Waals surface area (Å²) in [4.78, 5) is 24.5. The number of rotatable bonds is 4. The topological polar surface area (TPSA) is 69.6 Å². The van der Waals surface area contributed by atoms with Gasteiger partial charge in [0.2, 0.25) is 0 Å². The normalized spacial score (nSPS) is 20.1. The Bertz CT molecular complexity index is 302. The SMILES string of the molecule is CCC(CC(=O)O)NC(=O)N1CCCC1(C)C. The van der Waals surface area contributed by atoms with Crippen LogP contribution in [-0.4, -0.2) is 40.1 Å². The Morgan fingerprint density at radius 1 is 1.47 bits per heavy atom. The molecule has 1 fully saturated rings. The zero-order valence-electron chi connectivity index (χ0n) is 10.8. The van der Waals surface area contributed by atoms with Crippen LogP contribution in [0, 0.1) is 0 Å². The number of amides is 2. The lowest BCUT2D eigenvalue weighted by molar-refractivity contribution is -0.137. The van der Waals surface area contributed by atoms with Crippen LogP contribution in [0.25, 0.3) is 0 Å². The minimum atomic E-state index is -0.877. The molecule has 2 amide bonds. The molecule has 1 saturated heterocycles. The third-order valence-corrected chi connectivity index (χ3v) is 3.39. The average Bonchev–Trinajstić information content (AvgIpc) is 2.56. The van der Waals surface area contributed by atoms with Crippen molar-refractivity contribution in [2.75, 3.05) is 6.54 Å². The van der Waals surface area contributed by atoms with Gasteiger partial charge in [0.15, 0.2) is 0 Å². The minimum Gasteiger partial charge on any atom is -0.481 e. The highest BCUT2D eigenvalue weighted by Crippen LogP contribution is 2.28. The first-order valence-electron chi connectivity index (χ1n) is 6.16. The fourth-order valence-electron chi connectivity index (χ4n) is 2.24. The van der Waals surface area contributed by atoms with Gasteiger partial charge in [-0.2, -0.15) is 0 Å². The number of nitrogens with zero attached hydrogens (tertiary/aromatic N) is 1. The Kier molecular flexibility index (Phi) is 4.37. The van der Waals surface area contributed by atoms with Gasteiger partial charge in [-0.1, -0.05) is 6.92 Å². The molecule has 1 atom stereocenters. The van der Waals surface area contributed by atoms with Gasteiger partial charge in [0.1, 0.15) is 0 Å². The van der Waals surface area contributed by atoms with Crippen LogP contribution in [-0.2, 0) is 4.79 Å². The van der Waals surface area contributed by atoms with Gasteiger partial charge < -0.3 is 15.3 Å². The largest absolute Gasteiger partial charge is 0.481 e. The monoisotopic (exact) mass is 242 g/mol. The van der Waals surface area contributed by atoms with E-state index in [1.807, 2.05) is 20.8 Å². The summed E-state index contributed by atoms with van der Waals surface area (Å²) in [5.74, 6) is -0.877. The van der Waals surface area contributed by atoms with Crippen LogP contribution in [0.3, 0.4) is 0 Å². The van der Waals surface area contributed by atoms with Gasteiger partial charge in [0, 0.05) is 18.1 Å². The number of nitrogens with one attached hydrogen (secondary N) is 1. The van der Waals surface area contributed by atoms with E-state index in [2.05, 4.69) is 5.32 Å². The van der Waals surface area contributed by atoms with Crippen molar-refractivity contribution in [2.45, 2.75) is 58.0 Å². The van der Waals surface area contributed by atoms with Crippen LogP contribution in [0.15, 0.2) is 0 Å². The minimum absolute atomic E-state index is 0.0174. The van der Waals surface area contributed by atoms with Gasteiger partial charge in [-0.3, -0.25) is 4.79 Å². The van der Waals surface area contributed by atoms with Gasteiger partial charge in [0.05, 0.1) is 6.42 Å². The van der Waals surface area contributed by atoms with Crippen molar-refractivity contribution in [3.8, 4) is 0 Å². The molecule has 5 nitrogen and oxygen atoms in total. The van der Waals surface area contributed by atoms with Crippen molar-refractivity contribution in [1.82, 2.24) is 10.2 Å². The smallest absolute Gasteiger partial charge is 0.318 e. The third-order valence-electron chi connectivity index (χ3n) is 3.39. The van der Waals surface area contributed by atoms with Crippen molar-refractivity contribution in [1.29, 1.82) is 0 Å². The number of hydrogen-bond acceptors (Lipinski definition) is 2. The van der Waals surface area contributed by atoms with Crippen LogP contribution in [0.2, 0.25) is 0 Å². The first kappa shape index (κ1) is 13.8. The van der Waals surface area contributed by atoms with Crippen LogP contribution < -0.4 is 5.32 Å². The van der Waals surface area contributed by atoms with E-state index >= 15 is 0 Å². The molecule has 1 rings (SSSR count). The molecule has 1 unspecified atom stereocenters. The third kappa shape index (κ3) is 3.61. The average molecular weight is 242 g/mol. The van der Waals surface area contributed by atoms with Crippen molar-refractivity contribution in [2.24, 2.45) is 0 Å². The first-order chi connectivity index (χ1) is 7.86. The molecule has 0 aromatic heterocycles. The van der Waals surface area contributed by atoms with E-state index in [9.17, 15) is 9.59 Å². The molecule has 0 spiro atoms. The predicted molar refractivity (Wildman–Crippen MR) is 64.9 cm³/mol. The van der Waals surface area contributed by atoms with Crippen LogP contribution in [0.4, 0.5) is 4.79 Å². The van der Waals surface area contributed by atoms with E-state index in [0.717, 1.165) is 19.4 Å². The van der Waals surface area contributed by atoms with E-state index in [1.54, 1.807) is 4.90 Å². The standard InChI is InChI=1S/C12H22N2O3/c1-4-9(8-10(15)16)13-11(17)14-7-5-6-12(14,2)3/h9H,4-8H2,1-3H3,(H,13,17)(H,15,16). The van der Waals surface area contributed by atoms with Crippen LogP contribution in [0.5, 0.6) is 0 Å². The number of carboxylic acids is 1. The molecule has 0 saturated carbocycles.